The van der Waals surface area contributed by atoms with Crippen LogP contribution in [0, 0.1) is 11.3 Å². The van der Waals surface area contributed by atoms with Crippen molar-refractivity contribution in [2.75, 3.05) is 18.5 Å². The lowest BCUT2D eigenvalue weighted by Crippen LogP contribution is -2.36. The average Bonchev–Trinajstić information content (AvgIpc) is 3.08. The van der Waals surface area contributed by atoms with Crippen molar-refractivity contribution in [2.24, 2.45) is 0 Å². The summed E-state index contributed by atoms with van der Waals surface area (Å²) < 4.78 is 4.73. The van der Waals surface area contributed by atoms with Crippen molar-refractivity contribution in [1.82, 2.24) is 4.90 Å². The summed E-state index contributed by atoms with van der Waals surface area (Å²) in [5.74, 6) is -1.37. The predicted octanol–water partition coefficient (Wildman–Crippen LogP) is 3.33. The van der Waals surface area contributed by atoms with E-state index in [9.17, 15) is 19.6 Å². The Kier molecular flexibility index (Phi) is 6.69. The van der Waals surface area contributed by atoms with Crippen LogP contribution in [0.15, 0.2) is 30.3 Å². The molecule has 2 heterocycles. The number of amides is 2. The summed E-state index contributed by atoms with van der Waals surface area (Å²) in [5, 5.41) is 21.6. The fraction of sp³-hybridized carbons (Fsp3) is 0.333. The van der Waals surface area contributed by atoms with Crippen LogP contribution in [-0.2, 0) is 27.3 Å². The van der Waals surface area contributed by atoms with Crippen molar-refractivity contribution in [1.29, 1.82) is 5.26 Å². The Morgan fingerprint density at radius 2 is 2.07 bits per heavy atom. The molecule has 1 aliphatic rings. The van der Waals surface area contributed by atoms with Crippen molar-refractivity contribution >= 4 is 34.3 Å². The number of hydrogen-bond donors (Lipinski definition) is 2. The van der Waals surface area contributed by atoms with Gasteiger partial charge in [0.05, 0.1) is 12.1 Å². The number of fused-ring (bicyclic) bond motifs is 1. The van der Waals surface area contributed by atoms with Crippen LogP contribution in [-0.4, -0.2) is 41.1 Å². The molecule has 0 saturated carbocycles. The number of carbonyl (C=O) groups excluding carboxylic acids is 2. The van der Waals surface area contributed by atoms with E-state index in [2.05, 4.69) is 11.4 Å². The first-order valence-corrected chi connectivity index (χ1v) is 10.2. The van der Waals surface area contributed by atoms with Gasteiger partial charge in [0.15, 0.2) is 6.61 Å². The molecule has 3 rings (SSSR count). The third-order valence-electron chi connectivity index (χ3n) is 4.86. The normalized spacial score (nSPS) is 13.7. The van der Waals surface area contributed by atoms with E-state index in [0.29, 0.717) is 23.5 Å². The number of aliphatic carboxylic acids is 1. The third kappa shape index (κ3) is 4.96. The maximum absolute atomic E-state index is 12.5. The molecule has 156 valence electrons. The number of anilines is 1. The summed E-state index contributed by atoms with van der Waals surface area (Å²) in [6.45, 7) is 1.80. The summed E-state index contributed by atoms with van der Waals surface area (Å²) in [7, 11) is 0. The van der Waals surface area contributed by atoms with E-state index in [4.69, 9.17) is 9.84 Å². The molecule has 0 fully saturated rings. The fourth-order valence-corrected chi connectivity index (χ4v) is 4.57. The molecule has 8 nitrogen and oxygen atoms in total. The van der Waals surface area contributed by atoms with E-state index in [1.165, 1.54) is 16.2 Å². The molecule has 9 heteroatoms. The second kappa shape index (κ2) is 9.41. The first-order chi connectivity index (χ1) is 14.4. The van der Waals surface area contributed by atoms with Gasteiger partial charge in [-0.05, 0) is 23.5 Å². The zero-order valence-corrected chi connectivity index (χ0v) is 17.2. The number of nitrogens with one attached hydrogen (secondary N) is 1. The van der Waals surface area contributed by atoms with Gasteiger partial charge in [-0.25, -0.2) is 9.59 Å². The van der Waals surface area contributed by atoms with Crippen molar-refractivity contribution in [2.45, 2.75) is 32.2 Å². The minimum absolute atomic E-state index is 0.0332. The largest absolute Gasteiger partial charge is 0.479 e. The summed E-state index contributed by atoms with van der Waals surface area (Å²) in [6, 6.07) is 11.9. The highest BCUT2D eigenvalue weighted by molar-refractivity contribution is 7.16. The number of carboxylic acid groups (broad SMARTS) is 1. The molecular weight excluding hydrogens is 406 g/mol. The highest BCUT2D eigenvalue weighted by Crippen LogP contribution is 2.37. The standard InChI is InChI=1S/C21H21N3O5S/c1-13(14-5-3-2-4-6-14)9-18(25)23-20-16(10-22)15-7-8-24(11-17(15)30-20)21(28)29-12-19(26)27/h2-6,13H,7-9,11-12H2,1H3,(H,23,25)(H,26,27). The number of nitriles is 1. The Hall–Kier alpha value is -3.38. The van der Waals surface area contributed by atoms with Crippen molar-refractivity contribution in [3.05, 3.63) is 51.9 Å². The number of benzene rings is 1. The summed E-state index contributed by atoms with van der Waals surface area (Å²) in [6.07, 6.45) is 0.00961. The second-order valence-electron chi connectivity index (χ2n) is 7.00. The number of nitrogens with zero attached hydrogens (tertiary/aromatic N) is 2. The van der Waals surface area contributed by atoms with Gasteiger partial charge in [0.1, 0.15) is 11.1 Å². The van der Waals surface area contributed by atoms with Gasteiger partial charge >= 0.3 is 12.1 Å². The van der Waals surface area contributed by atoms with Gasteiger partial charge in [0.2, 0.25) is 5.91 Å². The Morgan fingerprint density at radius 3 is 2.73 bits per heavy atom. The molecule has 0 saturated heterocycles. The quantitative estimate of drug-likeness (QED) is 0.730. The molecule has 0 bridgehead atoms. The zero-order valence-electron chi connectivity index (χ0n) is 16.4. The van der Waals surface area contributed by atoms with E-state index >= 15 is 0 Å². The van der Waals surface area contributed by atoms with E-state index in [0.717, 1.165) is 16.0 Å². The van der Waals surface area contributed by atoms with Crippen LogP contribution in [0.25, 0.3) is 0 Å². The van der Waals surface area contributed by atoms with E-state index < -0.39 is 18.7 Å². The SMILES string of the molecule is CC(CC(=O)Nc1sc2c(c1C#N)CCN(C(=O)OCC(=O)O)C2)c1ccccc1. The highest BCUT2D eigenvalue weighted by atomic mass is 32.1. The smallest absolute Gasteiger partial charge is 0.410 e. The lowest BCUT2D eigenvalue weighted by Gasteiger charge is -2.25. The molecule has 30 heavy (non-hydrogen) atoms. The molecule has 1 atom stereocenters. The molecule has 1 aliphatic heterocycles. The van der Waals surface area contributed by atoms with Crippen LogP contribution in [0.4, 0.5) is 9.80 Å². The van der Waals surface area contributed by atoms with Gasteiger partial charge in [-0.15, -0.1) is 11.3 Å². The van der Waals surface area contributed by atoms with Crippen LogP contribution in [0.3, 0.4) is 0 Å². The average molecular weight is 427 g/mol. The molecule has 0 aliphatic carbocycles. The molecule has 1 aromatic heterocycles. The van der Waals surface area contributed by atoms with Gasteiger partial charge in [0.25, 0.3) is 0 Å². The maximum Gasteiger partial charge on any atom is 0.410 e. The van der Waals surface area contributed by atoms with Gasteiger partial charge in [0, 0.05) is 17.8 Å². The molecule has 0 radical (unpaired) electrons. The van der Waals surface area contributed by atoms with Gasteiger partial charge in [-0.1, -0.05) is 37.3 Å². The zero-order chi connectivity index (χ0) is 21.7. The van der Waals surface area contributed by atoms with Crippen molar-refractivity contribution in [3.8, 4) is 6.07 Å². The van der Waals surface area contributed by atoms with Gasteiger partial charge in [-0.3, -0.25) is 4.79 Å². The number of thiophene rings is 1. The maximum atomic E-state index is 12.5. The third-order valence-corrected chi connectivity index (χ3v) is 5.99. The molecule has 2 aromatic rings. The Labute approximate surface area is 177 Å². The first-order valence-electron chi connectivity index (χ1n) is 9.42. The minimum atomic E-state index is -1.22. The molecule has 2 N–H and O–H groups in total. The van der Waals surface area contributed by atoms with Crippen LogP contribution in [0.5, 0.6) is 0 Å². The Balaban J connectivity index is 1.68. The number of carboxylic acids is 1. The fourth-order valence-electron chi connectivity index (χ4n) is 3.34. The number of rotatable bonds is 6. The van der Waals surface area contributed by atoms with Crippen molar-refractivity contribution in [3.63, 3.8) is 0 Å². The molecule has 1 unspecified atom stereocenters. The first kappa shape index (κ1) is 21.3. The van der Waals surface area contributed by atoms with E-state index in [1.54, 1.807) is 0 Å². The van der Waals surface area contributed by atoms with Gasteiger partial charge in [-0.2, -0.15) is 5.26 Å². The van der Waals surface area contributed by atoms with Crippen LogP contribution in [0.2, 0.25) is 0 Å². The molecule has 0 spiro atoms. The Morgan fingerprint density at radius 1 is 1.33 bits per heavy atom. The highest BCUT2D eigenvalue weighted by Gasteiger charge is 2.28. The summed E-state index contributed by atoms with van der Waals surface area (Å²) in [4.78, 5) is 37.3. The van der Waals surface area contributed by atoms with E-state index in [1.807, 2.05) is 37.3 Å². The van der Waals surface area contributed by atoms with E-state index in [-0.39, 0.29) is 24.8 Å². The topological polar surface area (TPSA) is 120 Å². The van der Waals surface area contributed by atoms with Crippen molar-refractivity contribution < 1.29 is 24.2 Å². The predicted molar refractivity (Wildman–Crippen MR) is 110 cm³/mol. The van der Waals surface area contributed by atoms with Crippen LogP contribution < -0.4 is 5.32 Å². The molecule has 2 amide bonds. The number of carbonyl (C=O) groups is 3. The lowest BCUT2D eigenvalue weighted by molar-refractivity contribution is -0.140. The van der Waals surface area contributed by atoms with Crippen LogP contribution >= 0.6 is 11.3 Å². The van der Waals surface area contributed by atoms with Crippen LogP contribution in [0.1, 0.15) is 40.8 Å². The second-order valence-corrected chi connectivity index (χ2v) is 8.11. The summed E-state index contributed by atoms with van der Waals surface area (Å²) >= 11 is 1.26. The summed E-state index contributed by atoms with van der Waals surface area (Å²) in [5.41, 5.74) is 2.31. The lowest BCUT2D eigenvalue weighted by atomic mass is 9.97. The molecule has 1 aromatic carbocycles. The minimum Gasteiger partial charge on any atom is -0.479 e. The number of ether oxygens (including phenoxy) is 1. The number of hydrogen-bond acceptors (Lipinski definition) is 6. The molecular formula is C21H21N3O5S. The van der Waals surface area contributed by atoms with Gasteiger partial charge < -0.3 is 20.1 Å². The Bertz CT molecular complexity index is 996. The monoisotopic (exact) mass is 427 g/mol.